The maximum absolute atomic E-state index is 12.8. The van der Waals surface area contributed by atoms with Crippen molar-refractivity contribution in [2.75, 3.05) is 7.11 Å². The number of methoxy groups -OCH3 is 1. The zero-order chi connectivity index (χ0) is 16.1. The summed E-state index contributed by atoms with van der Waals surface area (Å²) >= 11 is 0. The first-order valence-electron chi connectivity index (χ1n) is 6.29. The second kappa shape index (κ2) is 6.66. The Balaban J connectivity index is 2.09. The molecule has 0 fully saturated rings. The van der Waals surface area contributed by atoms with E-state index in [2.05, 4.69) is 9.72 Å². The van der Waals surface area contributed by atoms with E-state index in [1.54, 1.807) is 16.7 Å². The van der Waals surface area contributed by atoms with Gasteiger partial charge in [0.05, 0.1) is 13.4 Å². The number of nitrogens with zero attached hydrogens (tertiary/aromatic N) is 2. The van der Waals surface area contributed by atoms with Gasteiger partial charge in [0.2, 0.25) is 11.5 Å². The summed E-state index contributed by atoms with van der Waals surface area (Å²) in [6, 6.07) is 5.94. The van der Waals surface area contributed by atoms with Crippen molar-refractivity contribution in [3.05, 3.63) is 65.7 Å². The quantitative estimate of drug-likeness (QED) is 0.395. The average molecular weight is 304 g/mol. The van der Waals surface area contributed by atoms with E-state index in [1.807, 2.05) is 0 Å². The number of carbonyl (C=O) groups is 2. The fourth-order valence-electron chi connectivity index (χ4n) is 1.74. The number of allylic oxidation sites excluding steroid dienone is 1. The Labute approximate surface area is 125 Å². The van der Waals surface area contributed by atoms with Crippen LogP contribution in [0, 0.1) is 5.82 Å². The minimum atomic E-state index is -1.00. The molecule has 114 valence electrons. The number of benzene rings is 1. The van der Waals surface area contributed by atoms with Crippen molar-refractivity contribution >= 4 is 11.8 Å². The Morgan fingerprint density at radius 1 is 1.36 bits per heavy atom. The highest BCUT2D eigenvalue weighted by Crippen LogP contribution is 2.07. The number of hydrogen-bond acceptors (Lipinski definition) is 5. The summed E-state index contributed by atoms with van der Waals surface area (Å²) in [6.07, 6.45) is 3.64. The summed E-state index contributed by atoms with van der Waals surface area (Å²) in [5.41, 5.74) is 0.906. The lowest BCUT2D eigenvalue weighted by Gasteiger charge is -2.01. The van der Waals surface area contributed by atoms with Gasteiger partial charge in [0.25, 0.3) is 0 Å². The van der Waals surface area contributed by atoms with Crippen molar-refractivity contribution in [1.82, 2.24) is 9.55 Å². The van der Waals surface area contributed by atoms with Gasteiger partial charge in [-0.05, 0) is 17.7 Å². The lowest BCUT2D eigenvalue weighted by atomic mass is 10.2. The average Bonchev–Trinajstić information content (AvgIpc) is 2.97. The predicted octanol–water partition coefficient (Wildman–Crippen LogP) is 1.87. The Kier molecular flexibility index (Phi) is 4.67. The number of aliphatic hydroxyl groups is 1. The second-order valence-corrected chi connectivity index (χ2v) is 4.44. The van der Waals surface area contributed by atoms with E-state index >= 15 is 0 Å². The first kappa shape index (κ1) is 15.4. The van der Waals surface area contributed by atoms with Crippen LogP contribution in [0.15, 0.2) is 48.6 Å². The van der Waals surface area contributed by atoms with Crippen LogP contribution in [0.5, 0.6) is 0 Å². The van der Waals surface area contributed by atoms with Gasteiger partial charge in [-0.3, -0.25) is 4.79 Å². The Morgan fingerprint density at radius 2 is 2.05 bits per heavy atom. The van der Waals surface area contributed by atoms with Crippen LogP contribution in [0.4, 0.5) is 4.39 Å². The van der Waals surface area contributed by atoms with E-state index in [9.17, 15) is 19.1 Å². The van der Waals surface area contributed by atoms with Gasteiger partial charge in [0.15, 0.2) is 0 Å². The van der Waals surface area contributed by atoms with Crippen LogP contribution in [-0.2, 0) is 16.1 Å². The van der Waals surface area contributed by atoms with Gasteiger partial charge in [-0.15, -0.1) is 0 Å². The topological polar surface area (TPSA) is 81.4 Å². The summed E-state index contributed by atoms with van der Waals surface area (Å²) in [7, 11) is 1.09. The van der Waals surface area contributed by atoms with E-state index in [1.165, 1.54) is 24.7 Å². The van der Waals surface area contributed by atoms with E-state index in [0.29, 0.717) is 6.54 Å². The molecular formula is C15H13FN2O4. The normalized spacial score (nSPS) is 11.3. The zero-order valence-corrected chi connectivity index (χ0v) is 11.7. The third-order valence-corrected chi connectivity index (χ3v) is 2.83. The Morgan fingerprint density at radius 3 is 2.68 bits per heavy atom. The molecule has 1 N–H and O–H groups in total. The second-order valence-electron chi connectivity index (χ2n) is 4.44. The molecule has 1 aromatic carbocycles. The molecule has 0 unspecified atom stereocenters. The van der Waals surface area contributed by atoms with E-state index < -0.39 is 17.5 Å². The summed E-state index contributed by atoms with van der Waals surface area (Å²) < 4.78 is 18.7. The standard InChI is InChI=1S/C15H13FN2O4/c1-22-15(21)14(20)6-13(19)12-8-18(9-17-12)7-10-2-4-11(16)5-3-10/h2-6,8-9,20H,7H2,1H3/b14-6-. The maximum Gasteiger partial charge on any atom is 0.373 e. The Hall–Kier alpha value is -2.96. The first-order valence-corrected chi connectivity index (χ1v) is 6.29. The predicted molar refractivity (Wildman–Crippen MR) is 74.8 cm³/mol. The van der Waals surface area contributed by atoms with E-state index in [0.717, 1.165) is 18.7 Å². The van der Waals surface area contributed by atoms with Crippen molar-refractivity contribution in [3.63, 3.8) is 0 Å². The lowest BCUT2D eigenvalue weighted by molar-refractivity contribution is -0.139. The van der Waals surface area contributed by atoms with Gasteiger partial charge in [0.1, 0.15) is 11.5 Å². The van der Waals surface area contributed by atoms with Crippen LogP contribution in [0.2, 0.25) is 0 Å². The molecule has 0 atom stereocenters. The molecule has 2 rings (SSSR count). The van der Waals surface area contributed by atoms with Gasteiger partial charge in [-0.1, -0.05) is 12.1 Å². The van der Waals surface area contributed by atoms with Crippen molar-refractivity contribution in [3.8, 4) is 0 Å². The van der Waals surface area contributed by atoms with Gasteiger partial charge in [0, 0.05) is 18.8 Å². The number of carbonyl (C=O) groups excluding carboxylic acids is 2. The molecule has 1 aromatic heterocycles. The van der Waals surface area contributed by atoms with Crippen molar-refractivity contribution in [1.29, 1.82) is 0 Å². The third kappa shape index (κ3) is 3.78. The highest BCUT2D eigenvalue weighted by molar-refractivity contribution is 6.06. The number of aromatic nitrogens is 2. The largest absolute Gasteiger partial charge is 0.502 e. The molecule has 1 heterocycles. The molecule has 22 heavy (non-hydrogen) atoms. The molecule has 2 aromatic rings. The number of aliphatic hydroxyl groups excluding tert-OH is 1. The number of hydrogen-bond donors (Lipinski definition) is 1. The molecule has 0 aliphatic rings. The summed E-state index contributed by atoms with van der Waals surface area (Å²) in [5, 5.41) is 9.31. The van der Waals surface area contributed by atoms with Crippen LogP contribution in [0.3, 0.4) is 0 Å². The smallest absolute Gasteiger partial charge is 0.373 e. The van der Waals surface area contributed by atoms with Gasteiger partial charge in [-0.2, -0.15) is 0 Å². The van der Waals surface area contributed by atoms with Crippen LogP contribution in [0.25, 0.3) is 0 Å². The number of ether oxygens (including phenoxy) is 1. The van der Waals surface area contributed by atoms with Crippen molar-refractivity contribution < 1.29 is 23.8 Å². The van der Waals surface area contributed by atoms with E-state index in [-0.39, 0.29) is 11.5 Å². The molecule has 0 amide bonds. The fourth-order valence-corrected chi connectivity index (χ4v) is 1.74. The molecular weight excluding hydrogens is 291 g/mol. The minimum absolute atomic E-state index is 0.0672. The molecule has 0 aliphatic heterocycles. The fraction of sp³-hybridized carbons (Fsp3) is 0.133. The third-order valence-electron chi connectivity index (χ3n) is 2.83. The molecule has 0 aliphatic carbocycles. The van der Waals surface area contributed by atoms with Gasteiger partial charge >= 0.3 is 5.97 Å². The molecule has 0 radical (unpaired) electrons. The van der Waals surface area contributed by atoms with Crippen LogP contribution >= 0.6 is 0 Å². The molecule has 0 spiro atoms. The van der Waals surface area contributed by atoms with Crippen molar-refractivity contribution in [2.45, 2.75) is 6.54 Å². The summed E-state index contributed by atoms with van der Waals surface area (Å²) in [5.74, 6) is -2.74. The lowest BCUT2D eigenvalue weighted by Crippen LogP contribution is -2.07. The molecule has 0 saturated carbocycles. The van der Waals surface area contributed by atoms with Gasteiger partial charge in [-0.25, -0.2) is 14.2 Å². The Bertz CT molecular complexity index is 719. The summed E-state index contributed by atoms with van der Waals surface area (Å²) in [4.78, 5) is 26.7. The minimum Gasteiger partial charge on any atom is -0.502 e. The highest BCUT2D eigenvalue weighted by atomic mass is 19.1. The monoisotopic (exact) mass is 304 g/mol. The first-order chi connectivity index (χ1) is 10.5. The molecule has 0 saturated heterocycles. The van der Waals surface area contributed by atoms with Crippen LogP contribution in [0.1, 0.15) is 16.1 Å². The van der Waals surface area contributed by atoms with Crippen LogP contribution < -0.4 is 0 Å². The number of ketones is 1. The number of rotatable bonds is 5. The molecule has 7 heteroatoms. The van der Waals surface area contributed by atoms with Crippen LogP contribution in [-0.4, -0.2) is 33.5 Å². The van der Waals surface area contributed by atoms with Crippen molar-refractivity contribution in [2.24, 2.45) is 0 Å². The molecule has 6 nitrogen and oxygen atoms in total. The highest BCUT2D eigenvalue weighted by Gasteiger charge is 2.13. The zero-order valence-electron chi connectivity index (χ0n) is 11.7. The summed E-state index contributed by atoms with van der Waals surface area (Å²) in [6.45, 7) is 0.410. The number of halogens is 1. The number of imidazole rings is 1. The van der Waals surface area contributed by atoms with E-state index in [4.69, 9.17) is 0 Å². The van der Waals surface area contributed by atoms with Gasteiger partial charge < -0.3 is 14.4 Å². The molecule has 0 bridgehead atoms. The SMILES string of the molecule is COC(=O)/C(O)=C/C(=O)c1cn(Cc2ccc(F)cc2)cn1. The maximum atomic E-state index is 12.8. The number of esters is 1.